The van der Waals surface area contributed by atoms with Gasteiger partial charge in [0.1, 0.15) is 18.1 Å². The fourth-order valence-corrected chi connectivity index (χ4v) is 9.08. The van der Waals surface area contributed by atoms with Gasteiger partial charge in [-0.25, -0.2) is 0 Å². The lowest BCUT2D eigenvalue weighted by Crippen LogP contribution is -2.60. The molecular formula is C34H26BrCl3N2O6. The standard InChI is InChI=1S/C34H26BrCl3N2O6/c35-17-39-31(44)33(37)15-25-22(12-13-24-27(25)30(43)40(29(24)42)20-8-6-19(36)7-9-20)28(34(33,38)32(39)45)23-11-10-21(14-26(23)41)46-16-18-4-2-1-3-5-18/h1-12,14,24-25,27-28,41H,13,15-17H2. The van der Waals surface area contributed by atoms with Gasteiger partial charge in [0, 0.05) is 22.6 Å². The molecule has 236 valence electrons. The van der Waals surface area contributed by atoms with E-state index in [1.165, 1.54) is 6.07 Å². The highest BCUT2D eigenvalue weighted by Gasteiger charge is 2.76. The molecule has 4 amide bonds. The first-order chi connectivity index (χ1) is 22.0. The van der Waals surface area contributed by atoms with Crippen LogP contribution in [0.3, 0.4) is 0 Å². The van der Waals surface area contributed by atoms with Crippen LogP contribution in [0.1, 0.15) is 29.9 Å². The second kappa shape index (κ2) is 11.4. The Labute approximate surface area is 288 Å². The summed E-state index contributed by atoms with van der Waals surface area (Å²) in [6.45, 7) is 0.261. The molecule has 3 fully saturated rings. The van der Waals surface area contributed by atoms with Crippen LogP contribution < -0.4 is 9.64 Å². The van der Waals surface area contributed by atoms with Crippen LogP contribution >= 0.6 is 50.7 Å². The number of carbonyl (C=O) groups is 4. The topological polar surface area (TPSA) is 104 Å². The number of anilines is 1. The van der Waals surface area contributed by atoms with Gasteiger partial charge >= 0.3 is 0 Å². The summed E-state index contributed by atoms with van der Waals surface area (Å²) >= 11 is 23.8. The highest BCUT2D eigenvalue weighted by atomic mass is 79.9. The number of imide groups is 2. The van der Waals surface area contributed by atoms with Gasteiger partial charge in [0.15, 0.2) is 9.75 Å². The van der Waals surface area contributed by atoms with Crippen LogP contribution in [0.15, 0.2) is 84.4 Å². The van der Waals surface area contributed by atoms with Crippen molar-refractivity contribution in [2.24, 2.45) is 17.8 Å². The summed E-state index contributed by atoms with van der Waals surface area (Å²) in [5, 5.41) is 11.9. The minimum absolute atomic E-state index is 0.143. The molecule has 6 unspecified atom stereocenters. The second-order valence-corrected chi connectivity index (χ2v) is 14.1. The number of rotatable bonds is 6. The van der Waals surface area contributed by atoms with E-state index in [9.17, 15) is 24.3 Å². The zero-order valence-corrected chi connectivity index (χ0v) is 27.9. The Morgan fingerprint density at radius 1 is 0.913 bits per heavy atom. The fourth-order valence-electron chi connectivity index (χ4n) is 7.54. The highest BCUT2D eigenvalue weighted by Crippen LogP contribution is 2.66. The van der Waals surface area contributed by atoms with E-state index in [0.717, 1.165) is 15.4 Å². The van der Waals surface area contributed by atoms with Gasteiger partial charge < -0.3 is 9.84 Å². The average Bonchev–Trinajstić information content (AvgIpc) is 3.39. The summed E-state index contributed by atoms with van der Waals surface area (Å²) in [5.41, 5.74) is 2.01. The Hall–Kier alpha value is -3.37. The summed E-state index contributed by atoms with van der Waals surface area (Å²) in [6, 6.07) is 20.6. The zero-order valence-electron chi connectivity index (χ0n) is 24.0. The van der Waals surface area contributed by atoms with E-state index < -0.39 is 51.1 Å². The van der Waals surface area contributed by atoms with Crippen molar-refractivity contribution in [2.45, 2.75) is 35.1 Å². The second-order valence-electron chi connectivity index (χ2n) is 12.0. The fraction of sp³-hybridized carbons (Fsp3) is 0.294. The molecule has 46 heavy (non-hydrogen) atoms. The Morgan fingerprint density at radius 2 is 1.63 bits per heavy atom. The maximum Gasteiger partial charge on any atom is 0.254 e. The number of aromatic hydroxyl groups is 1. The maximum absolute atomic E-state index is 14.1. The predicted molar refractivity (Wildman–Crippen MR) is 176 cm³/mol. The third-order valence-corrected chi connectivity index (χ3v) is 11.8. The van der Waals surface area contributed by atoms with Gasteiger partial charge in [0.05, 0.1) is 23.0 Å². The molecule has 7 rings (SSSR count). The summed E-state index contributed by atoms with van der Waals surface area (Å²) in [6.07, 6.45) is 1.87. The van der Waals surface area contributed by atoms with Gasteiger partial charge in [0.2, 0.25) is 11.8 Å². The van der Waals surface area contributed by atoms with E-state index in [1.54, 1.807) is 36.4 Å². The molecule has 0 spiro atoms. The number of hydrogen-bond donors (Lipinski definition) is 1. The van der Waals surface area contributed by atoms with Gasteiger partial charge in [-0.2, -0.15) is 0 Å². The summed E-state index contributed by atoms with van der Waals surface area (Å²) in [5.74, 6) is -5.43. The number of nitrogens with zero attached hydrogens (tertiary/aromatic N) is 2. The van der Waals surface area contributed by atoms with Crippen molar-refractivity contribution >= 4 is 80.0 Å². The van der Waals surface area contributed by atoms with E-state index in [-0.39, 0.29) is 42.1 Å². The molecule has 0 aromatic heterocycles. The number of hydrogen-bond acceptors (Lipinski definition) is 6. The normalized spacial score (nSPS) is 30.2. The van der Waals surface area contributed by atoms with Crippen molar-refractivity contribution < 1.29 is 29.0 Å². The molecule has 8 nitrogen and oxygen atoms in total. The largest absolute Gasteiger partial charge is 0.508 e. The number of likely N-dealkylation sites (tertiary alicyclic amines) is 1. The molecule has 2 saturated heterocycles. The molecule has 3 aromatic rings. The Bertz CT molecular complexity index is 1820. The van der Waals surface area contributed by atoms with Crippen LogP contribution in [-0.2, 0) is 25.8 Å². The molecule has 0 bridgehead atoms. The monoisotopic (exact) mass is 742 g/mol. The predicted octanol–water partition coefficient (Wildman–Crippen LogP) is 6.54. The first kappa shape index (κ1) is 31.2. The van der Waals surface area contributed by atoms with Crippen molar-refractivity contribution in [3.05, 3.63) is 101 Å². The number of phenols is 1. The number of halogens is 4. The van der Waals surface area contributed by atoms with Crippen molar-refractivity contribution in [1.82, 2.24) is 4.90 Å². The van der Waals surface area contributed by atoms with Crippen LogP contribution in [-0.4, -0.2) is 48.8 Å². The van der Waals surface area contributed by atoms with Crippen molar-refractivity contribution in [1.29, 1.82) is 0 Å². The molecule has 1 N–H and O–H groups in total. The summed E-state index contributed by atoms with van der Waals surface area (Å²) in [7, 11) is 0. The molecule has 1 saturated carbocycles. The molecule has 2 aliphatic heterocycles. The minimum atomic E-state index is -2.03. The smallest absolute Gasteiger partial charge is 0.254 e. The van der Waals surface area contributed by atoms with E-state index in [4.69, 9.17) is 39.5 Å². The van der Waals surface area contributed by atoms with Gasteiger partial charge in [-0.1, -0.05) is 75.6 Å². The van der Waals surface area contributed by atoms with Gasteiger partial charge in [-0.3, -0.25) is 29.0 Å². The molecular weight excluding hydrogens is 719 g/mol. The minimum Gasteiger partial charge on any atom is -0.508 e. The van der Waals surface area contributed by atoms with E-state index >= 15 is 0 Å². The lowest BCUT2D eigenvalue weighted by Gasteiger charge is -2.50. The lowest BCUT2D eigenvalue weighted by molar-refractivity contribution is -0.138. The number of amides is 4. The SMILES string of the molecule is O=C1C2CC=C3C(CC4(Cl)C(=O)N(CBr)C(=O)C4(Cl)C3c3ccc(OCc4ccccc4)cc3O)C2C(=O)N1c1ccc(Cl)cc1. The highest BCUT2D eigenvalue weighted by molar-refractivity contribution is 9.09. The van der Waals surface area contributed by atoms with Crippen LogP contribution in [0.4, 0.5) is 5.69 Å². The Kier molecular flexibility index (Phi) is 7.74. The van der Waals surface area contributed by atoms with Crippen LogP contribution in [0, 0.1) is 17.8 Å². The summed E-state index contributed by atoms with van der Waals surface area (Å²) < 4.78 is 5.90. The third-order valence-electron chi connectivity index (χ3n) is 9.66. The lowest BCUT2D eigenvalue weighted by atomic mass is 9.56. The average molecular weight is 745 g/mol. The van der Waals surface area contributed by atoms with E-state index in [2.05, 4.69) is 15.9 Å². The van der Waals surface area contributed by atoms with E-state index in [0.29, 0.717) is 22.0 Å². The molecule has 2 heterocycles. The van der Waals surface area contributed by atoms with Gasteiger partial charge in [0.25, 0.3) is 11.8 Å². The van der Waals surface area contributed by atoms with Crippen molar-refractivity contribution in [3.63, 3.8) is 0 Å². The molecule has 6 atom stereocenters. The number of fused-ring (bicyclic) bond motifs is 4. The zero-order chi connectivity index (χ0) is 32.5. The number of ether oxygens (including phenoxy) is 1. The van der Waals surface area contributed by atoms with Crippen molar-refractivity contribution in [2.75, 3.05) is 10.4 Å². The third kappa shape index (κ3) is 4.46. The number of alkyl halides is 3. The first-order valence-corrected chi connectivity index (χ1v) is 16.9. The summed E-state index contributed by atoms with van der Waals surface area (Å²) in [4.78, 5) is 53.8. The maximum atomic E-state index is 14.1. The number of allylic oxidation sites excluding steroid dienone is 2. The molecule has 12 heteroatoms. The molecule has 2 aliphatic carbocycles. The van der Waals surface area contributed by atoms with Crippen LogP contribution in [0.2, 0.25) is 5.02 Å². The first-order valence-electron chi connectivity index (χ1n) is 14.6. The van der Waals surface area contributed by atoms with E-state index in [1.807, 2.05) is 36.4 Å². The van der Waals surface area contributed by atoms with Gasteiger partial charge in [-0.05, 0) is 54.7 Å². The van der Waals surface area contributed by atoms with Crippen LogP contribution in [0.25, 0.3) is 0 Å². The molecule has 4 aliphatic rings. The number of phenolic OH excluding ortho intramolecular Hbond substituents is 1. The van der Waals surface area contributed by atoms with Gasteiger partial charge in [-0.15, -0.1) is 23.2 Å². The molecule has 3 aromatic carbocycles. The Balaban J connectivity index is 1.31. The van der Waals surface area contributed by atoms with Crippen LogP contribution in [0.5, 0.6) is 11.5 Å². The molecule has 0 radical (unpaired) electrons. The van der Waals surface area contributed by atoms with Crippen molar-refractivity contribution in [3.8, 4) is 11.5 Å². The Morgan fingerprint density at radius 3 is 2.30 bits per heavy atom. The number of carbonyl (C=O) groups excluding carboxylic acids is 4. The quantitative estimate of drug-likeness (QED) is 0.133. The number of benzene rings is 3.